The number of amides is 1. The molecule has 2 aromatic rings. The van der Waals surface area contributed by atoms with Crippen LogP contribution in [0.25, 0.3) is 0 Å². The Morgan fingerprint density at radius 3 is 2.23 bits per heavy atom. The van der Waals surface area contributed by atoms with E-state index in [-0.39, 0.29) is 23.7 Å². The molecule has 1 amide bonds. The minimum Gasteiger partial charge on any atom is -0.491 e. The monoisotopic (exact) mass is 516 g/mol. The molecule has 12 heteroatoms. The predicted octanol–water partition coefficient (Wildman–Crippen LogP) is 4.35. The molecule has 1 saturated heterocycles. The van der Waals surface area contributed by atoms with Crippen LogP contribution in [0.15, 0.2) is 53.4 Å². The number of benzene rings is 2. The van der Waals surface area contributed by atoms with E-state index in [0.717, 1.165) is 12.7 Å². The molecule has 2 aromatic carbocycles. The van der Waals surface area contributed by atoms with Crippen LogP contribution in [0, 0.1) is 6.92 Å². The van der Waals surface area contributed by atoms with Crippen LogP contribution in [0.4, 0.5) is 23.7 Å². The summed E-state index contributed by atoms with van der Waals surface area (Å²) in [6, 6.07) is 12.4. The van der Waals surface area contributed by atoms with Crippen LogP contribution in [0.1, 0.15) is 18.4 Å². The van der Waals surface area contributed by atoms with Gasteiger partial charge in [-0.15, -0.1) is 0 Å². The molecule has 3 rings (SSSR count). The van der Waals surface area contributed by atoms with Gasteiger partial charge in [0, 0.05) is 25.9 Å². The molecule has 1 aliphatic rings. The van der Waals surface area contributed by atoms with Gasteiger partial charge in [0.2, 0.25) is 10.0 Å². The largest absolute Gasteiger partial charge is 0.491 e. The number of carbonyl (C=O) groups is 1. The van der Waals surface area contributed by atoms with Gasteiger partial charge in [-0.05, 0) is 56.2 Å². The number of carbonyl (C=O) groups excluding carboxylic acids is 1. The standard InChI is InChI=1S/C23H27F3N2O6S/c1-16-3-9-20(10-4-16)35(30,31)28-13-11-19(12-14-28)34-22(29)27-17-5-7-18(8-6-17)33-15-21(32-2)23(24,25)26/h3-10,19,21H,11-15H2,1-2H3,(H,27,29). The summed E-state index contributed by atoms with van der Waals surface area (Å²) < 4.78 is 79.9. The third kappa shape index (κ3) is 7.33. The molecule has 1 fully saturated rings. The second-order valence-electron chi connectivity index (χ2n) is 8.05. The predicted molar refractivity (Wildman–Crippen MR) is 122 cm³/mol. The molecule has 0 aliphatic carbocycles. The van der Waals surface area contributed by atoms with Gasteiger partial charge in [-0.2, -0.15) is 17.5 Å². The van der Waals surface area contributed by atoms with E-state index in [1.54, 1.807) is 24.3 Å². The summed E-state index contributed by atoms with van der Waals surface area (Å²) in [6.45, 7) is 1.62. The molecule has 8 nitrogen and oxygen atoms in total. The second-order valence-corrected chi connectivity index (χ2v) is 9.99. The molecule has 1 heterocycles. The minimum absolute atomic E-state index is 0.178. The number of ether oxygens (including phenoxy) is 3. The van der Waals surface area contributed by atoms with Crippen molar-refractivity contribution in [2.75, 3.05) is 32.1 Å². The highest BCUT2D eigenvalue weighted by molar-refractivity contribution is 7.89. The van der Waals surface area contributed by atoms with Gasteiger partial charge < -0.3 is 14.2 Å². The zero-order valence-corrected chi connectivity index (χ0v) is 20.1. The number of halogens is 3. The fraction of sp³-hybridized carbons (Fsp3) is 0.435. The van der Waals surface area contributed by atoms with Crippen molar-refractivity contribution < 1.29 is 40.6 Å². The van der Waals surface area contributed by atoms with Crippen molar-refractivity contribution in [3.8, 4) is 5.75 Å². The van der Waals surface area contributed by atoms with E-state index in [1.807, 2.05) is 6.92 Å². The van der Waals surface area contributed by atoms with Gasteiger partial charge in [0.05, 0.1) is 4.90 Å². The van der Waals surface area contributed by atoms with Gasteiger partial charge in [-0.25, -0.2) is 13.2 Å². The summed E-state index contributed by atoms with van der Waals surface area (Å²) in [5.74, 6) is 0.178. The van der Waals surface area contributed by atoms with Gasteiger partial charge in [-0.3, -0.25) is 5.32 Å². The summed E-state index contributed by atoms with van der Waals surface area (Å²) >= 11 is 0. The maximum absolute atomic E-state index is 12.8. The highest BCUT2D eigenvalue weighted by Gasteiger charge is 2.40. The number of anilines is 1. The zero-order valence-electron chi connectivity index (χ0n) is 19.2. The molecule has 35 heavy (non-hydrogen) atoms. The zero-order chi connectivity index (χ0) is 25.6. The fourth-order valence-corrected chi connectivity index (χ4v) is 4.92. The number of nitrogens with one attached hydrogen (secondary N) is 1. The lowest BCUT2D eigenvalue weighted by Crippen LogP contribution is -2.41. The molecule has 1 N–H and O–H groups in total. The van der Waals surface area contributed by atoms with Crippen LogP contribution in [0.3, 0.4) is 0 Å². The average molecular weight is 517 g/mol. The number of piperidine rings is 1. The van der Waals surface area contributed by atoms with Crippen LogP contribution in [0.5, 0.6) is 5.75 Å². The summed E-state index contributed by atoms with van der Waals surface area (Å²) in [6.07, 6.45) is -7.05. The van der Waals surface area contributed by atoms with Crippen LogP contribution < -0.4 is 10.1 Å². The average Bonchev–Trinajstić information content (AvgIpc) is 2.80. The molecule has 0 bridgehead atoms. The first-order valence-electron chi connectivity index (χ1n) is 10.9. The molecule has 0 spiro atoms. The molecule has 1 atom stereocenters. The van der Waals surface area contributed by atoms with E-state index < -0.39 is 41.1 Å². The molecule has 0 radical (unpaired) electrons. The second kappa shape index (κ2) is 11.3. The number of aryl methyl sites for hydroxylation is 1. The van der Waals surface area contributed by atoms with Gasteiger partial charge in [0.15, 0.2) is 6.10 Å². The highest BCUT2D eigenvalue weighted by atomic mass is 32.2. The van der Waals surface area contributed by atoms with Crippen LogP contribution >= 0.6 is 0 Å². The lowest BCUT2D eigenvalue weighted by Gasteiger charge is -2.30. The number of hydrogen-bond acceptors (Lipinski definition) is 6. The van der Waals surface area contributed by atoms with E-state index >= 15 is 0 Å². The third-order valence-corrected chi connectivity index (χ3v) is 7.40. The maximum Gasteiger partial charge on any atom is 0.417 e. The molecule has 1 aliphatic heterocycles. The van der Waals surface area contributed by atoms with Gasteiger partial charge >= 0.3 is 12.3 Å². The summed E-state index contributed by atoms with van der Waals surface area (Å²) in [5.41, 5.74) is 1.33. The number of nitrogens with zero attached hydrogens (tertiary/aromatic N) is 1. The Labute approximate surface area is 202 Å². The number of sulfonamides is 1. The van der Waals surface area contributed by atoms with Crippen LogP contribution in [-0.2, 0) is 19.5 Å². The Morgan fingerprint density at radius 1 is 1.09 bits per heavy atom. The lowest BCUT2D eigenvalue weighted by molar-refractivity contribution is -0.219. The van der Waals surface area contributed by atoms with E-state index in [0.29, 0.717) is 18.5 Å². The molecule has 0 aromatic heterocycles. The van der Waals surface area contributed by atoms with Crippen molar-refractivity contribution in [3.63, 3.8) is 0 Å². The third-order valence-electron chi connectivity index (χ3n) is 5.49. The Morgan fingerprint density at radius 2 is 1.69 bits per heavy atom. The summed E-state index contributed by atoms with van der Waals surface area (Å²) in [4.78, 5) is 12.4. The lowest BCUT2D eigenvalue weighted by atomic mass is 10.1. The normalized spacial score (nSPS) is 16.5. The van der Waals surface area contributed by atoms with Gasteiger partial charge in [-0.1, -0.05) is 17.7 Å². The van der Waals surface area contributed by atoms with E-state index in [4.69, 9.17) is 9.47 Å². The van der Waals surface area contributed by atoms with E-state index in [9.17, 15) is 26.4 Å². The van der Waals surface area contributed by atoms with Crippen molar-refractivity contribution in [1.82, 2.24) is 4.31 Å². The Bertz CT molecular complexity index is 1080. The number of rotatable bonds is 8. The van der Waals surface area contributed by atoms with Crippen molar-refractivity contribution in [1.29, 1.82) is 0 Å². The topological polar surface area (TPSA) is 94.2 Å². The summed E-state index contributed by atoms with van der Waals surface area (Å²) in [7, 11) is -2.66. The number of hydrogen-bond donors (Lipinski definition) is 1. The first-order valence-corrected chi connectivity index (χ1v) is 12.3. The smallest absolute Gasteiger partial charge is 0.417 e. The van der Waals surface area contributed by atoms with E-state index in [1.165, 1.54) is 28.6 Å². The van der Waals surface area contributed by atoms with Crippen molar-refractivity contribution in [3.05, 3.63) is 54.1 Å². The molecule has 192 valence electrons. The van der Waals surface area contributed by atoms with Crippen LogP contribution in [0.2, 0.25) is 0 Å². The Kier molecular flexibility index (Phi) is 8.62. The van der Waals surface area contributed by atoms with Gasteiger partial charge in [0.25, 0.3) is 0 Å². The summed E-state index contributed by atoms with van der Waals surface area (Å²) in [5, 5.41) is 2.54. The maximum atomic E-state index is 12.8. The Balaban J connectivity index is 1.45. The SMILES string of the molecule is COC(COc1ccc(NC(=O)OC2CCN(S(=O)(=O)c3ccc(C)cc3)CC2)cc1)C(F)(F)F. The molecular weight excluding hydrogens is 489 g/mol. The number of methoxy groups -OCH3 is 1. The fourth-order valence-electron chi connectivity index (χ4n) is 3.45. The molecule has 0 saturated carbocycles. The van der Waals surface area contributed by atoms with Crippen molar-refractivity contribution >= 4 is 21.8 Å². The highest BCUT2D eigenvalue weighted by Crippen LogP contribution is 2.25. The van der Waals surface area contributed by atoms with Crippen molar-refractivity contribution in [2.24, 2.45) is 0 Å². The van der Waals surface area contributed by atoms with Gasteiger partial charge in [0.1, 0.15) is 18.5 Å². The molecular formula is C23H27F3N2O6S. The minimum atomic E-state index is -4.54. The van der Waals surface area contributed by atoms with Crippen LogP contribution in [-0.4, -0.2) is 64.0 Å². The Hall–Kier alpha value is -2.83. The quantitative estimate of drug-likeness (QED) is 0.561. The van der Waals surface area contributed by atoms with Crippen molar-refractivity contribution in [2.45, 2.75) is 43.0 Å². The number of alkyl halides is 3. The first-order chi connectivity index (χ1) is 16.5. The molecule has 1 unspecified atom stereocenters. The van der Waals surface area contributed by atoms with E-state index in [2.05, 4.69) is 10.1 Å². The first kappa shape index (κ1) is 26.8.